The second-order valence-corrected chi connectivity index (χ2v) is 8.51. The monoisotopic (exact) mass is 513 g/mol. The van der Waals surface area contributed by atoms with Crippen molar-refractivity contribution in [2.75, 3.05) is 25.2 Å². The van der Waals surface area contributed by atoms with Gasteiger partial charge in [0, 0.05) is 30.3 Å². The fourth-order valence-electron chi connectivity index (χ4n) is 1.92. The van der Waals surface area contributed by atoms with Crippen molar-refractivity contribution in [3.8, 4) is 11.4 Å². The molecule has 0 aliphatic rings. The lowest BCUT2D eigenvalue weighted by Gasteiger charge is -2.06. The minimum absolute atomic E-state index is 0.0985. The Bertz CT molecular complexity index is 956. The van der Waals surface area contributed by atoms with Crippen molar-refractivity contribution in [3.63, 3.8) is 0 Å². The van der Waals surface area contributed by atoms with Gasteiger partial charge in [-0.1, -0.05) is 21.6 Å². The lowest BCUT2D eigenvalue weighted by molar-refractivity contribution is -0.192. The van der Waals surface area contributed by atoms with E-state index >= 15 is 0 Å². The number of alkyl halides is 3. The smallest absolute Gasteiger partial charge is 0.490 e. The molecule has 0 saturated heterocycles. The maximum atomic E-state index is 13.5. The number of carboxylic acids is 2. The van der Waals surface area contributed by atoms with Crippen molar-refractivity contribution in [1.82, 2.24) is 15.1 Å². The number of benzene rings is 1. The van der Waals surface area contributed by atoms with Gasteiger partial charge in [0.15, 0.2) is 17.3 Å². The number of amides is 1. The molecule has 33 heavy (non-hydrogen) atoms. The van der Waals surface area contributed by atoms with Crippen LogP contribution in [0.1, 0.15) is 16.9 Å². The molecule has 0 aliphatic heterocycles. The summed E-state index contributed by atoms with van der Waals surface area (Å²) < 4.78 is 51.6. The minimum atomic E-state index is -5.08. The van der Waals surface area contributed by atoms with E-state index in [1.54, 1.807) is 12.3 Å². The van der Waals surface area contributed by atoms with Crippen LogP contribution in [-0.4, -0.2) is 69.2 Å². The van der Waals surface area contributed by atoms with Gasteiger partial charge in [0.2, 0.25) is 0 Å². The highest BCUT2D eigenvalue weighted by molar-refractivity contribution is 8.76. The molecule has 0 spiro atoms. The maximum absolute atomic E-state index is 13.5. The largest absolute Gasteiger partial charge is 0.494 e. The van der Waals surface area contributed by atoms with Crippen LogP contribution in [0.15, 0.2) is 30.5 Å². The summed E-state index contributed by atoms with van der Waals surface area (Å²) in [5.41, 5.74) is 0.824. The van der Waals surface area contributed by atoms with Crippen LogP contribution in [0.3, 0.4) is 0 Å². The number of nitrogens with one attached hydrogen (secondary N) is 1. The topological polar surface area (TPSA) is 131 Å². The van der Waals surface area contributed by atoms with Gasteiger partial charge in [0.1, 0.15) is 0 Å². The molecule has 0 unspecified atom stereocenters. The third-order valence-corrected chi connectivity index (χ3v) is 5.83. The predicted molar refractivity (Wildman–Crippen MR) is 113 cm³/mol. The Labute approximate surface area is 192 Å². The lowest BCUT2D eigenvalue weighted by atomic mass is 10.3. The summed E-state index contributed by atoms with van der Waals surface area (Å²) in [7, 11) is 4.34. The number of aliphatic carboxylic acids is 2. The first-order valence-electron chi connectivity index (χ1n) is 8.89. The molecule has 0 bridgehead atoms. The number of nitrogens with zero attached hydrogens (tertiary/aromatic N) is 2. The van der Waals surface area contributed by atoms with Gasteiger partial charge in [-0.15, -0.1) is 0 Å². The number of aromatic nitrogens is 2. The highest BCUT2D eigenvalue weighted by atomic mass is 33.1. The van der Waals surface area contributed by atoms with Crippen LogP contribution in [0.5, 0.6) is 5.75 Å². The van der Waals surface area contributed by atoms with Crippen molar-refractivity contribution in [1.29, 1.82) is 0 Å². The summed E-state index contributed by atoms with van der Waals surface area (Å²) in [6, 6.07) is 5.88. The highest BCUT2D eigenvalue weighted by Crippen LogP contribution is 2.22. The second-order valence-electron chi connectivity index (χ2n) is 5.81. The number of carbonyl (C=O) groups is 3. The number of halogens is 4. The first kappa shape index (κ1) is 28.1. The maximum Gasteiger partial charge on any atom is 0.490 e. The van der Waals surface area contributed by atoms with Crippen LogP contribution in [0.2, 0.25) is 0 Å². The Morgan fingerprint density at radius 2 is 1.79 bits per heavy atom. The summed E-state index contributed by atoms with van der Waals surface area (Å²) in [4.78, 5) is 31.4. The number of rotatable bonds is 10. The highest BCUT2D eigenvalue weighted by Gasteiger charge is 2.38. The fourth-order valence-corrected chi connectivity index (χ4v) is 3.81. The van der Waals surface area contributed by atoms with Crippen LogP contribution in [0, 0.1) is 5.82 Å². The molecule has 15 heteroatoms. The zero-order valence-electron chi connectivity index (χ0n) is 17.0. The summed E-state index contributed by atoms with van der Waals surface area (Å²) in [5.74, 6) is -3.07. The first-order chi connectivity index (χ1) is 15.5. The van der Waals surface area contributed by atoms with E-state index in [0.29, 0.717) is 23.7 Å². The Kier molecular flexibility index (Phi) is 11.6. The molecule has 1 amide bonds. The first-order valence-corrected chi connectivity index (χ1v) is 11.4. The van der Waals surface area contributed by atoms with Gasteiger partial charge in [-0.25, -0.2) is 13.9 Å². The molecular weight excluding hydrogens is 494 g/mol. The zero-order valence-corrected chi connectivity index (χ0v) is 18.6. The molecule has 0 radical (unpaired) electrons. The van der Waals surface area contributed by atoms with Crippen molar-refractivity contribution < 1.29 is 46.9 Å². The van der Waals surface area contributed by atoms with Crippen molar-refractivity contribution >= 4 is 39.4 Å². The van der Waals surface area contributed by atoms with Crippen LogP contribution >= 0.6 is 21.6 Å². The third kappa shape index (κ3) is 10.5. The van der Waals surface area contributed by atoms with Crippen molar-refractivity contribution in [2.24, 2.45) is 0 Å². The third-order valence-electron chi connectivity index (χ3n) is 3.42. The summed E-state index contributed by atoms with van der Waals surface area (Å²) in [6.45, 7) is 0.445. The van der Waals surface area contributed by atoms with Gasteiger partial charge in [-0.2, -0.15) is 18.3 Å². The van der Waals surface area contributed by atoms with Gasteiger partial charge in [0.05, 0.1) is 19.2 Å². The predicted octanol–water partition coefficient (Wildman–Crippen LogP) is 3.24. The Morgan fingerprint density at radius 1 is 1.15 bits per heavy atom. The zero-order chi connectivity index (χ0) is 25.0. The van der Waals surface area contributed by atoms with E-state index in [0.717, 1.165) is 0 Å². The molecule has 3 N–H and O–H groups in total. The van der Waals surface area contributed by atoms with Crippen LogP contribution in [0.4, 0.5) is 17.6 Å². The van der Waals surface area contributed by atoms with E-state index < -0.39 is 23.9 Å². The van der Waals surface area contributed by atoms with Crippen LogP contribution in [0.25, 0.3) is 5.69 Å². The Morgan fingerprint density at radius 3 is 2.36 bits per heavy atom. The van der Waals surface area contributed by atoms with E-state index in [1.165, 1.54) is 51.6 Å². The summed E-state index contributed by atoms with van der Waals surface area (Å²) >= 11 is 0. The lowest BCUT2D eigenvalue weighted by Crippen LogP contribution is -2.26. The molecule has 1 aromatic heterocycles. The number of hydrogen-bond acceptors (Lipinski definition) is 7. The fraction of sp³-hybridized carbons (Fsp3) is 0.333. The second kappa shape index (κ2) is 13.6. The average Bonchev–Trinajstić information content (AvgIpc) is 3.23. The molecule has 0 fully saturated rings. The van der Waals surface area contributed by atoms with Gasteiger partial charge >= 0.3 is 18.1 Å². The summed E-state index contributed by atoms with van der Waals surface area (Å²) in [6.07, 6.45) is -3.35. The number of hydrogen-bond donors (Lipinski definition) is 3. The van der Waals surface area contributed by atoms with E-state index in [1.807, 2.05) is 0 Å². The van der Waals surface area contributed by atoms with Gasteiger partial charge in [-0.05, 0) is 18.2 Å². The molecular formula is C18H19F4N3O6S2. The summed E-state index contributed by atoms with van der Waals surface area (Å²) in [5, 5.41) is 22.6. The molecule has 0 aliphatic carbocycles. The Balaban J connectivity index is 0.000000675. The van der Waals surface area contributed by atoms with Crippen LogP contribution in [-0.2, 0) is 9.59 Å². The van der Waals surface area contributed by atoms with Crippen LogP contribution < -0.4 is 10.1 Å². The average molecular weight is 513 g/mol. The normalized spacial score (nSPS) is 10.7. The minimum Gasteiger partial charge on any atom is -0.494 e. The molecule has 2 rings (SSSR count). The van der Waals surface area contributed by atoms with Gasteiger partial charge in [-0.3, -0.25) is 9.59 Å². The number of carbonyl (C=O) groups excluding carboxylic acids is 1. The number of methoxy groups -OCH3 is 1. The molecule has 1 heterocycles. The number of ether oxygens (including phenoxy) is 1. The Hall–Kier alpha value is -2.94. The standard InChI is InChI=1S/C16H18FN3O4S2.C2HF3O2/c1-24-14-10-11(2-3-12(14)17)20-7-4-13(19-20)16(23)18-6-9-26-25-8-5-15(21)22;3-2(4,5)1(6)7/h2-4,7,10H,5-6,8-9H2,1H3,(H,18,23)(H,21,22);(H,6,7). The number of carboxylic acid groups (broad SMARTS) is 2. The SMILES string of the molecule is COc1cc(-n2ccc(C(=O)NCCSSCCC(=O)O)n2)ccc1F.O=C(O)C(F)(F)F. The van der Waals surface area contributed by atoms with Crippen molar-refractivity contribution in [2.45, 2.75) is 12.6 Å². The quantitative estimate of drug-likeness (QED) is 0.249. The molecule has 1 aromatic carbocycles. The van der Waals surface area contributed by atoms with E-state index in [-0.39, 0.29) is 23.8 Å². The molecule has 2 aromatic rings. The molecule has 9 nitrogen and oxygen atoms in total. The van der Waals surface area contributed by atoms with Gasteiger partial charge < -0.3 is 20.3 Å². The molecule has 182 valence electrons. The van der Waals surface area contributed by atoms with E-state index in [2.05, 4.69) is 10.4 Å². The van der Waals surface area contributed by atoms with E-state index in [4.69, 9.17) is 19.7 Å². The van der Waals surface area contributed by atoms with E-state index in [9.17, 15) is 27.2 Å². The van der Waals surface area contributed by atoms with Gasteiger partial charge in [0.25, 0.3) is 5.91 Å². The molecule has 0 saturated carbocycles. The molecule has 0 atom stereocenters. The van der Waals surface area contributed by atoms with Crippen molar-refractivity contribution in [3.05, 3.63) is 42.0 Å².